The van der Waals surface area contributed by atoms with Gasteiger partial charge >= 0.3 is 6.03 Å². The first kappa shape index (κ1) is 15.2. The highest BCUT2D eigenvalue weighted by Gasteiger charge is 2.12. The van der Waals surface area contributed by atoms with E-state index in [4.69, 9.17) is 5.73 Å². The lowest BCUT2D eigenvalue weighted by Gasteiger charge is -2.06. The molecule has 4 N–H and O–H groups in total. The molecule has 0 unspecified atom stereocenters. The lowest BCUT2D eigenvalue weighted by atomic mass is 10.2. The van der Waals surface area contributed by atoms with Crippen molar-refractivity contribution in [3.8, 4) is 10.6 Å². The molecule has 0 fully saturated rings. The van der Waals surface area contributed by atoms with Crippen LogP contribution in [0.5, 0.6) is 0 Å². The Kier molecular flexibility index (Phi) is 4.35. The van der Waals surface area contributed by atoms with Gasteiger partial charge in [-0.1, -0.05) is 6.07 Å². The van der Waals surface area contributed by atoms with Gasteiger partial charge in [-0.3, -0.25) is 4.79 Å². The van der Waals surface area contributed by atoms with E-state index in [9.17, 15) is 9.59 Å². The van der Waals surface area contributed by atoms with Gasteiger partial charge in [0.1, 0.15) is 10.7 Å². The predicted molar refractivity (Wildman–Crippen MR) is 93.0 cm³/mol. The van der Waals surface area contributed by atoms with Crippen molar-refractivity contribution in [1.82, 2.24) is 4.98 Å². The maximum Gasteiger partial charge on any atom is 0.316 e. The molecule has 3 rings (SSSR count). The maximum atomic E-state index is 12.3. The normalized spacial score (nSPS) is 10.3. The minimum Gasteiger partial charge on any atom is -0.351 e. The van der Waals surface area contributed by atoms with E-state index in [2.05, 4.69) is 15.6 Å². The van der Waals surface area contributed by atoms with Crippen LogP contribution in [0.3, 0.4) is 0 Å². The van der Waals surface area contributed by atoms with Crippen molar-refractivity contribution >= 4 is 46.0 Å². The van der Waals surface area contributed by atoms with Crippen LogP contribution in [0.25, 0.3) is 10.6 Å². The minimum absolute atomic E-state index is 0.307. The molecule has 0 atom stereocenters. The molecule has 2 aromatic heterocycles. The van der Waals surface area contributed by atoms with Crippen LogP contribution in [0.15, 0.2) is 46.5 Å². The van der Waals surface area contributed by atoms with Crippen LogP contribution in [-0.2, 0) is 0 Å². The monoisotopic (exact) mass is 344 g/mol. The fraction of sp³-hybridized carbons (Fsp3) is 0. The third-order valence-electron chi connectivity index (χ3n) is 2.89. The molecule has 0 bridgehead atoms. The number of thiazole rings is 1. The summed E-state index contributed by atoms with van der Waals surface area (Å²) in [7, 11) is 0. The number of nitrogens with two attached hydrogens (primary N) is 1. The van der Waals surface area contributed by atoms with Gasteiger partial charge in [-0.15, -0.1) is 11.3 Å². The zero-order valence-electron chi connectivity index (χ0n) is 11.8. The van der Waals surface area contributed by atoms with Crippen LogP contribution >= 0.6 is 22.7 Å². The van der Waals surface area contributed by atoms with Gasteiger partial charge in [0, 0.05) is 27.7 Å². The molecule has 0 aliphatic heterocycles. The van der Waals surface area contributed by atoms with E-state index in [1.54, 1.807) is 41.0 Å². The maximum absolute atomic E-state index is 12.3. The number of hydrogen-bond acceptors (Lipinski definition) is 5. The fourth-order valence-electron chi connectivity index (χ4n) is 1.91. The van der Waals surface area contributed by atoms with Crippen molar-refractivity contribution in [2.24, 2.45) is 5.73 Å². The molecule has 0 aliphatic rings. The van der Waals surface area contributed by atoms with Gasteiger partial charge in [0.2, 0.25) is 0 Å². The SMILES string of the molecule is NC(=O)Nc1cccc(NC(=O)c2csc(-c3ccsc3)n2)c1. The predicted octanol–water partition coefficient (Wildman–Crippen LogP) is 3.61. The first-order chi connectivity index (χ1) is 11.1. The molecule has 0 aliphatic carbocycles. The van der Waals surface area contributed by atoms with Gasteiger partial charge < -0.3 is 16.4 Å². The molecule has 1 aromatic carbocycles. The number of amides is 3. The zero-order chi connectivity index (χ0) is 16.2. The number of anilines is 2. The van der Waals surface area contributed by atoms with E-state index >= 15 is 0 Å². The second-order valence-electron chi connectivity index (χ2n) is 4.57. The van der Waals surface area contributed by atoms with Crippen LogP contribution < -0.4 is 16.4 Å². The van der Waals surface area contributed by atoms with Crippen LogP contribution in [0, 0.1) is 0 Å². The molecular formula is C15H12N4O2S2. The molecule has 23 heavy (non-hydrogen) atoms. The second-order valence-corrected chi connectivity index (χ2v) is 6.21. The number of carbonyl (C=O) groups is 2. The number of primary amides is 1. The van der Waals surface area contributed by atoms with Gasteiger partial charge in [0.15, 0.2) is 0 Å². The van der Waals surface area contributed by atoms with Gasteiger partial charge in [-0.05, 0) is 29.6 Å². The summed E-state index contributed by atoms with van der Waals surface area (Å²) in [6, 6.07) is 8.03. The Balaban J connectivity index is 1.73. The van der Waals surface area contributed by atoms with E-state index in [1.165, 1.54) is 11.3 Å². The summed E-state index contributed by atoms with van der Waals surface area (Å²) in [5, 5.41) is 11.7. The van der Waals surface area contributed by atoms with Crippen molar-refractivity contribution in [2.45, 2.75) is 0 Å². The first-order valence-corrected chi connectivity index (χ1v) is 8.40. The number of aromatic nitrogens is 1. The number of rotatable bonds is 4. The molecule has 2 heterocycles. The molecule has 0 radical (unpaired) electrons. The molecule has 116 valence electrons. The summed E-state index contributed by atoms with van der Waals surface area (Å²) in [5.41, 5.74) is 7.48. The number of nitrogens with one attached hydrogen (secondary N) is 2. The molecule has 0 saturated carbocycles. The molecular weight excluding hydrogens is 332 g/mol. The van der Waals surface area contributed by atoms with E-state index < -0.39 is 6.03 Å². The third-order valence-corrected chi connectivity index (χ3v) is 4.47. The summed E-state index contributed by atoms with van der Waals surface area (Å²) in [5.74, 6) is -0.307. The summed E-state index contributed by atoms with van der Waals surface area (Å²) >= 11 is 3.00. The van der Waals surface area contributed by atoms with Crippen molar-refractivity contribution in [2.75, 3.05) is 10.6 Å². The van der Waals surface area contributed by atoms with Crippen molar-refractivity contribution in [3.05, 3.63) is 52.2 Å². The highest BCUT2D eigenvalue weighted by Crippen LogP contribution is 2.26. The van der Waals surface area contributed by atoms with Crippen molar-refractivity contribution in [3.63, 3.8) is 0 Å². The summed E-state index contributed by atoms with van der Waals surface area (Å²) in [6.45, 7) is 0. The highest BCUT2D eigenvalue weighted by atomic mass is 32.1. The summed E-state index contributed by atoms with van der Waals surface area (Å²) < 4.78 is 0. The van der Waals surface area contributed by atoms with Gasteiger partial charge in [0.25, 0.3) is 5.91 Å². The molecule has 3 aromatic rings. The van der Waals surface area contributed by atoms with Crippen LogP contribution in [0.1, 0.15) is 10.5 Å². The first-order valence-electron chi connectivity index (χ1n) is 6.58. The topological polar surface area (TPSA) is 97.1 Å². The third kappa shape index (κ3) is 3.74. The number of benzene rings is 1. The number of thiophene rings is 1. The fourth-order valence-corrected chi connectivity index (χ4v) is 3.42. The quantitative estimate of drug-likeness (QED) is 0.674. The standard InChI is InChI=1S/C15H12N4O2S2/c16-15(21)18-11-3-1-2-10(6-11)17-13(20)12-8-23-14(19-12)9-4-5-22-7-9/h1-8H,(H,17,20)(H3,16,18,21). The Morgan fingerprint density at radius 1 is 1.09 bits per heavy atom. The van der Waals surface area contributed by atoms with Crippen molar-refractivity contribution < 1.29 is 9.59 Å². The average molecular weight is 344 g/mol. The molecule has 6 nitrogen and oxygen atoms in total. The largest absolute Gasteiger partial charge is 0.351 e. The van der Waals surface area contributed by atoms with Crippen LogP contribution in [0.2, 0.25) is 0 Å². The van der Waals surface area contributed by atoms with E-state index in [0.29, 0.717) is 17.1 Å². The van der Waals surface area contributed by atoms with Crippen molar-refractivity contribution in [1.29, 1.82) is 0 Å². The smallest absolute Gasteiger partial charge is 0.316 e. The van der Waals surface area contributed by atoms with E-state index in [0.717, 1.165) is 10.6 Å². The van der Waals surface area contributed by atoms with Gasteiger partial charge in [-0.25, -0.2) is 9.78 Å². The van der Waals surface area contributed by atoms with Crippen LogP contribution in [0.4, 0.5) is 16.2 Å². The summed E-state index contributed by atoms with van der Waals surface area (Å²) in [6.07, 6.45) is 0. The molecule has 3 amide bonds. The van der Waals surface area contributed by atoms with E-state index in [-0.39, 0.29) is 5.91 Å². The minimum atomic E-state index is -0.659. The van der Waals surface area contributed by atoms with Crippen LogP contribution in [-0.4, -0.2) is 16.9 Å². The lowest BCUT2D eigenvalue weighted by Crippen LogP contribution is -2.19. The van der Waals surface area contributed by atoms with Gasteiger partial charge in [-0.2, -0.15) is 11.3 Å². The number of nitrogens with zero attached hydrogens (tertiary/aromatic N) is 1. The second kappa shape index (κ2) is 6.59. The summed E-state index contributed by atoms with van der Waals surface area (Å²) in [4.78, 5) is 27.5. The average Bonchev–Trinajstić information content (AvgIpc) is 3.18. The Bertz CT molecular complexity index is 843. The number of carbonyl (C=O) groups excluding carboxylic acids is 2. The molecule has 8 heteroatoms. The highest BCUT2D eigenvalue weighted by molar-refractivity contribution is 7.14. The molecule has 0 saturated heterocycles. The zero-order valence-corrected chi connectivity index (χ0v) is 13.4. The number of urea groups is 1. The Morgan fingerprint density at radius 3 is 2.57 bits per heavy atom. The number of hydrogen-bond donors (Lipinski definition) is 3. The Morgan fingerprint density at radius 2 is 1.87 bits per heavy atom. The molecule has 0 spiro atoms. The van der Waals surface area contributed by atoms with Gasteiger partial charge in [0.05, 0.1) is 0 Å². The Hall–Kier alpha value is -2.71. The lowest BCUT2D eigenvalue weighted by molar-refractivity contribution is 0.102. The Labute approximate surface area is 140 Å². The van der Waals surface area contributed by atoms with E-state index in [1.807, 2.05) is 16.8 Å².